The van der Waals surface area contributed by atoms with Crippen LogP contribution in [0.2, 0.25) is 0 Å². The minimum Gasteiger partial charge on any atom is -0.494 e. The monoisotopic (exact) mass is 266 g/mol. The van der Waals surface area contributed by atoms with Crippen LogP contribution in [0.5, 0.6) is 5.75 Å². The van der Waals surface area contributed by atoms with Crippen LogP contribution in [0.15, 0.2) is 18.2 Å². The highest BCUT2D eigenvalue weighted by Gasteiger charge is 2.06. The van der Waals surface area contributed by atoms with Crippen LogP contribution in [0.3, 0.4) is 0 Å². The van der Waals surface area contributed by atoms with Crippen molar-refractivity contribution in [1.29, 1.82) is 0 Å². The van der Waals surface area contributed by atoms with Gasteiger partial charge in [0.05, 0.1) is 13.0 Å². The van der Waals surface area contributed by atoms with E-state index in [1.807, 2.05) is 19.9 Å². The van der Waals surface area contributed by atoms with Gasteiger partial charge in [-0.05, 0) is 37.6 Å². The van der Waals surface area contributed by atoms with E-state index < -0.39 is 12.0 Å². The lowest BCUT2D eigenvalue weighted by atomic mass is 10.2. The Balaban J connectivity index is 2.52. The van der Waals surface area contributed by atoms with E-state index in [4.69, 9.17) is 9.84 Å². The molecule has 1 rings (SSSR count). The summed E-state index contributed by atoms with van der Waals surface area (Å²) in [6, 6.07) is 4.92. The Bertz CT molecular complexity index is 460. The van der Waals surface area contributed by atoms with Gasteiger partial charge in [-0.2, -0.15) is 0 Å². The summed E-state index contributed by atoms with van der Waals surface area (Å²) in [5.41, 5.74) is 1.54. The Labute approximate surface area is 111 Å². The van der Waals surface area contributed by atoms with E-state index in [9.17, 15) is 9.59 Å². The van der Waals surface area contributed by atoms with Gasteiger partial charge in [0, 0.05) is 12.2 Å². The molecule has 0 radical (unpaired) electrons. The largest absolute Gasteiger partial charge is 0.494 e. The molecule has 0 fully saturated rings. The first-order valence-corrected chi connectivity index (χ1v) is 6.03. The van der Waals surface area contributed by atoms with Crippen molar-refractivity contribution in [3.8, 4) is 5.75 Å². The number of aryl methyl sites for hydroxylation is 1. The minimum absolute atomic E-state index is 0.0945. The highest BCUT2D eigenvalue weighted by Crippen LogP contribution is 2.21. The van der Waals surface area contributed by atoms with Gasteiger partial charge < -0.3 is 20.5 Å². The first-order valence-electron chi connectivity index (χ1n) is 6.03. The number of anilines is 1. The lowest BCUT2D eigenvalue weighted by Crippen LogP contribution is -2.30. The van der Waals surface area contributed by atoms with Gasteiger partial charge in [-0.25, -0.2) is 4.79 Å². The van der Waals surface area contributed by atoms with Crippen LogP contribution < -0.4 is 15.4 Å². The quantitative estimate of drug-likeness (QED) is 0.734. The molecule has 1 aromatic rings. The number of nitrogens with one attached hydrogen (secondary N) is 2. The molecule has 0 saturated carbocycles. The number of benzene rings is 1. The summed E-state index contributed by atoms with van der Waals surface area (Å²) in [5, 5.41) is 13.6. The van der Waals surface area contributed by atoms with Crippen molar-refractivity contribution in [2.45, 2.75) is 20.3 Å². The smallest absolute Gasteiger partial charge is 0.319 e. The van der Waals surface area contributed by atoms with E-state index in [1.165, 1.54) is 0 Å². The van der Waals surface area contributed by atoms with E-state index in [-0.39, 0.29) is 13.0 Å². The highest BCUT2D eigenvalue weighted by atomic mass is 16.5. The maximum absolute atomic E-state index is 11.5. The van der Waals surface area contributed by atoms with Crippen LogP contribution in [-0.2, 0) is 4.79 Å². The summed E-state index contributed by atoms with van der Waals surface area (Å²) in [5.74, 6) is -0.200. The minimum atomic E-state index is -0.947. The Hall–Kier alpha value is -2.24. The third kappa shape index (κ3) is 5.29. The van der Waals surface area contributed by atoms with Crippen LogP contribution in [0.1, 0.15) is 18.9 Å². The van der Waals surface area contributed by atoms with Gasteiger partial charge in [0.1, 0.15) is 5.75 Å². The van der Waals surface area contributed by atoms with Gasteiger partial charge in [-0.3, -0.25) is 4.79 Å². The zero-order valence-electron chi connectivity index (χ0n) is 11.0. The Morgan fingerprint density at radius 2 is 2.11 bits per heavy atom. The molecular weight excluding hydrogens is 248 g/mol. The predicted octanol–water partition coefficient (Wildman–Crippen LogP) is 1.99. The van der Waals surface area contributed by atoms with Crippen molar-refractivity contribution in [1.82, 2.24) is 5.32 Å². The Morgan fingerprint density at radius 3 is 2.68 bits per heavy atom. The summed E-state index contributed by atoms with van der Waals surface area (Å²) in [7, 11) is 0. The van der Waals surface area contributed by atoms with Crippen LogP contribution in [-0.4, -0.2) is 30.3 Å². The molecule has 0 aliphatic carbocycles. The summed E-state index contributed by atoms with van der Waals surface area (Å²) < 4.78 is 5.34. The van der Waals surface area contributed by atoms with Gasteiger partial charge in [-0.1, -0.05) is 0 Å². The fourth-order valence-corrected chi connectivity index (χ4v) is 1.48. The Morgan fingerprint density at radius 1 is 1.37 bits per heavy atom. The maximum Gasteiger partial charge on any atom is 0.319 e. The molecule has 0 spiro atoms. The number of ether oxygens (including phenoxy) is 1. The molecular formula is C13H18N2O4. The van der Waals surface area contributed by atoms with Crippen molar-refractivity contribution in [3.05, 3.63) is 23.8 Å². The molecule has 0 aliphatic rings. The molecule has 0 unspecified atom stereocenters. The lowest BCUT2D eigenvalue weighted by molar-refractivity contribution is -0.136. The van der Waals surface area contributed by atoms with Gasteiger partial charge in [0.2, 0.25) is 0 Å². The van der Waals surface area contributed by atoms with Gasteiger partial charge in [-0.15, -0.1) is 0 Å². The zero-order chi connectivity index (χ0) is 14.3. The number of hydrogen-bond acceptors (Lipinski definition) is 3. The number of urea groups is 1. The molecule has 19 heavy (non-hydrogen) atoms. The third-order valence-electron chi connectivity index (χ3n) is 2.38. The number of rotatable bonds is 6. The number of aliphatic carboxylic acids is 1. The molecule has 0 bridgehead atoms. The van der Waals surface area contributed by atoms with Gasteiger partial charge in [0.25, 0.3) is 0 Å². The highest BCUT2D eigenvalue weighted by molar-refractivity contribution is 5.90. The molecule has 0 aliphatic heterocycles. The summed E-state index contributed by atoms with van der Waals surface area (Å²) in [6.07, 6.45) is -0.102. The average molecular weight is 266 g/mol. The fourth-order valence-electron chi connectivity index (χ4n) is 1.48. The number of carboxylic acids is 1. The van der Waals surface area contributed by atoms with Gasteiger partial charge >= 0.3 is 12.0 Å². The first-order chi connectivity index (χ1) is 9.02. The summed E-state index contributed by atoms with van der Waals surface area (Å²) in [4.78, 5) is 21.8. The van der Waals surface area contributed by atoms with Crippen molar-refractivity contribution in [2.75, 3.05) is 18.5 Å². The lowest BCUT2D eigenvalue weighted by Gasteiger charge is -2.11. The first kappa shape index (κ1) is 14.8. The van der Waals surface area contributed by atoms with E-state index in [0.717, 1.165) is 11.3 Å². The van der Waals surface area contributed by atoms with Crippen LogP contribution in [0, 0.1) is 6.92 Å². The average Bonchev–Trinajstić information content (AvgIpc) is 2.32. The molecule has 2 amide bonds. The molecule has 1 aromatic carbocycles. The van der Waals surface area contributed by atoms with Gasteiger partial charge in [0.15, 0.2) is 0 Å². The summed E-state index contributed by atoms with van der Waals surface area (Å²) in [6.45, 7) is 4.44. The van der Waals surface area contributed by atoms with E-state index in [0.29, 0.717) is 12.3 Å². The van der Waals surface area contributed by atoms with Crippen molar-refractivity contribution in [2.24, 2.45) is 0 Å². The third-order valence-corrected chi connectivity index (χ3v) is 2.38. The van der Waals surface area contributed by atoms with Crippen LogP contribution in [0.25, 0.3) is 0 Å². The molecule has 0 heterocycles. The van der Waals surface area contributed by atoms with Crippen molar-refractivity contribution >= 4 is 17.7 Å². The topological polar surface area (TPSA) is 87.7 Å². The van der Waals surface area contributed by atoms with Crippen LogP contribution in [0.4, 0.5) is 10.5 Å². The van der Waals surface area contributed by atoms with E-state index in [2.05, 4.69) is 10.6 Å². The second-order valence-electron chi connectivity index (χ2n) is 3.93. The second-order valence-corrected chi connectivity index (χ2v) is 3.93. The molecule has 0 saturated heterocycles. The van der Waals surface area contributed by atoms with Crippen molar-refractivity contribution in [3.63, 3.8) is 0 Å². The second kappa shape index (κ2) is 7.25. The molecule has 3 N–H and O–H groups in total. The normalized spacial score (nSPS) is 9.79. The molecule has 0 atom stereocenters. The molecule has 6 heteroatoms. The Kier molecular flexibility index (Phi) is 5.66. The predicted molar refractivity (Wildman–Crippen MR) is 71.6 cm³/mol. The number of carboxylic acid groups (broad SMARTS) is 1. The van der Waals surface area contributed by atoms with E-state index in [1.54, 1.807) is 12.1 Å². The van der Waals surface area contributed by atoms with Crippen molar-refractivity contribution < 1.29 is 19.4 Å². The van der Waals surface area contributed by atoms with Crippen LogP contribution >= 0.6 is 0 Å². The zero-order valence-corrected chi connectivity index (χ0v) is 11.0. The SMILES string of the molecule is CCOc1ccc(NC(=O)NCCC(=O)O)c(C)c1. The molecule has 6 nitrogen and oxygen atoms in total. The number of carbonyl (C=O) groups excluding carboxylic acids is 1. The number of amides is 2. The fraction of sp³-hybridized carbons (Fsp3) is 0.385. The summed E-state index contributed by atoms with van der Waals surface area (Å²) >= 11 is 0. The molecule has 104 valence electrons. The van der Waals surface area contributed by atoms with E-state index >= 15 is 0 Å². The standard InChI is InChI=1S/C13H18N2O4/c1-3-19-10-4-5-11(9(2)8-10)15-13(18)14-7-6-12(16)17/h4-5,8H,3,6-7H2,1-2H3,(H,16,17)(H2,14,15,18). The maximum atomic E-state index is 11.5. The molecule has 0 aromatic heterocycles. The number of hydrogen-bond donors (Lipinski definition) is 3. The number of carbonyl (C=O) groups is 2.